The maximum Gasteiger partial charge on any atom is 0.00740 e. The van der Waals surface area contributed by atoms with Gasteiger partial charge in [-0.2, -0.15) is 0 Å². The Bertz CT molecular complexity index is 153. The minimum Gasteiger partial charge on any atom is -0.327 e. The Hall–Kier alpha value is -0.0800. The fraction of sp³-hybridized carbons (Fsp3) is 1.00. The van der Waals surface area contributed by atoms with E-state index in [1.54, 1.807) is 0 Å². The van der Waals surface area contributed by atoms with Crippen LogP contribution in [0, 0.1) is 11.8 Å². The Kier molecular flexibility index (Phi) is 7.20. The van der Waals surface area contributed by atoms with E-state index in [4.69, 9.17) is 5.73 Å². The molecule has 0 fully saturated rings. The van der Waals surface area contributed by atoms with Crippen molar-refractivity contribution < 1.29 is 0 Å². The van der Waals surface area contributed by atoms with Gasteiger partial charge in [0.1, 0.15) is 0 Å². The summed E-state index contributed by atoms with van der Waals surface area (Å²) >= 11 is 0. The highest BCUT2D eigenvalue weighted by Gasteiger charge is 2.14. The van der Waals surface area contributed by atoms with Crippen LogP contribution in [0.3, 0.4) is 0 Å². The molecule has 0 bridgehead atoms. The number of hydrogen-bond acceptors (Lipinski definition) is 2. The van der Waals surface area contributed by atoms with Gasteiger partial charge in [0.05, 0.1) is 0 Å². The van der Waals surface area contributed by atoms with E-state index < -0.39 is 0 Å². The first-order valence-electron chi connectivity index (χ1n) is 6.34. The van der Waals surface area contributed by atoms with Crippen molar-refractivity contribution >= 4 is 0 Å². The van der Waals surface area contributed by atoms with E-state index in [9.17, 15) is 0 Å². The molecular weight excluding hydrogens is 184 g/mol. The molecule has 2 nitrogen and oxygen atoms in total. The molecule has 1 atom stereocenters. The Balaban J connectivity index is 3.96. The summed E-state index contributed by atoms with van der Waals surface area (Å²) in [5, 5.41) is 0. The summed E-state index contributed by atoms with van der Waals surface area (Å²) in [5.41, 5.74) is 6.07. The summed E-state index contributed by atoms with van der Waals surface area (Å²) in [5.74, 6) is 1.33. The maximum atomic E-state index is 6.07. The van der Waals surface area contributed by atoms with Crippen LogP contribution < -0.4 is 5.73 Å². The van der Waals surface area contributed by atoms with Crippen molar-refractivity contribution in [1.82, 2.24) is 4.90 Å². The molecule has 2 heteroatoms. The van der Waals surface area contributed by atoms with Crippen molar-refractivity contribution in [3.8, 4) is 0 Å². The van der Waals surface area contributed by atoms with Gasteiger partial charge in [-0.3, -0.25) is 0 Å². The van der Waals surface area contributed by atoms with Crippen LogP contribution >= 0.6 is 0 Å². The molecule has 0 aromatic heterocycles. The van der Waals surface area contributed by atoms with Crippen LogP contribution in [-0.4, -0.2) is 30.1 Å². The lowest BCUT2D eigenvalue weighted by Gasteiger charge is -2.29. The molecule has 0 aromatic rings. The standard InChI is InChI=1S/C13H30N2/c1-10(2)9-15(12(5)6)8-7-13(14)11(3)4/h10-13H,7-9,14H2,1-6H3. The minimum atomic E-state index is 0.346. The largest absolute Gasteiger partial charge is 0.327 e. The molecule has 0 saturated heterocycles. The molecule has 0 rings (SSSR count). The van der Waals surface area contributed by atoms with Gasteiger partial charge in [0.25, 0.3) is 0 Å². The highest BCUT2D eigenvalue weighted by Crippen LogP contribution is 2.09. The topological polar surface area (TPSA) is 29.3 Å². The quantitative estimate of drug-likeness (QED) is 0.706. The third kappa shape index (κ3) is 6.91. The second kappa shape index (κ2) is 7.24. The van der Waals surface area contributed by atoms with Crippen LogP contribution in [0.4, 0.5) is 0 Å². The SMILES string of the molecule is CC(C)CN(CCC(N)C(C)C)C(C)C. The summed E-state index contributed by atoms with van der Waals surface area (Å²) in [6.45, 7) is 15.8. The van der Waals surface area contributed by atoms with Gasteiger partial charge in [-0.1, -0.05) is 27.7 Å². The van der Waals surface area contributed by atoms with Crippen molar-refractivity contribution in [2.45, 2.75) is 60.0 Å². The Morgan fingerprint density at radius 2 is 1.53 bits per heavy atom. The van der Waals surface area contributed by atoms with Crippen LogP contribution in [0.15, 0.2) is 0 Å². The summed E-state index contributed by atoms with van der Waals surface area (Å²) in [4.78, 5) is 2.53. The lowest BCUT2D eigenvalue weighted by atomic mass is 10.0. The average Bonchev–Trinajstić information content (AvgIpc) is 2.10. The van der Waals surface area contributed by atoms with Crippen LogP contribution in [0.25, 0.3) is 0 Å². The first-order valence-corrected chi connectivity index (χ1v) is 6.34. The molecule has 0 aromatic carbocycles. The highest BCUT2D eigenvalue weighted by atomic mass is 15.1. The first kappa shape index (κ1) is 14.9. The Labute approximate surface area is 96.2 Å². The van der Waals surface area contributed by atoms with E-state index >= 15 is 0 Å². The molecule has 1 unspecified atom stereocenters. The first-order chi connectivity index (χ1) is 6.84. The van der Waals surface area contributed by atoms with E-state index in [1.807, 2.05) is 0 Å². The van der Waals surface area contributed by atoms with E-state index in [1.165, 1.54) is 6.54 Å². The molecule has 2 N–H and O–H groups in total. The zero-order valence-corrected chi connectivity index (χ0v) is 11.5. The molecule has 0 aliphatic carbocycles. The van der Waals surface area contributed by atoms with Crippen molar-refractivity contribution in [1.29, 1.82) is 0 Å². The molecule has 0 aliphatic rings. The fourth-order valence-corrected chi connectivity index (χ4v) is 1.68. The van der Waals surface area contributed by atoms with Crippen LogP contribution in [0.1, 0.15) is 48.0 Å². The smallest absolute Gasteiger partial charge is 0.00740 e. The highest BCUT2D eigenvalue weighted by molar-refractivity contribution is 4.71. The third-order valence-corrected chi connectivity index (χ3v) is 2.94. The molecule has 0 aliphatic heterocycles. The van der Waals surface area contributed by atoms with Crippen LogP contribution in [0.5, 0.6) is 0 Å². The lowest BCUT2D eigenvalue weighted by molar-refractivity contribution is 0.186. The molecule has 0 heterocycles. The number of nitrogens with two attached hydrogens (primary N) is 1. The lowest BCUT2D eigenvalue weighted by Crippen LogP contribution is -2.38. The zero-order chi connectivity index (χ0) is 12.0. The van der Waals surface area contributed by atoms with E-state index in [0.29, 0.717) is 18.0 Å². The second-order valence-corrected chi connectivity index (χ2v) is 5.68. The average molecular weight is 214 g/mol. The molecule has 0 spiro atoms. The maximum absolute atomic E-state index is 6.07. The minimum absolute atomic E-state index is 0.346. The number of hydrogen-bond donors (Lipinski definition) is 1. The Morgan fingerprint density at radius 3 is 1.87 bits per heavy atom. The molecule has 0 radical (unpaired) electrons. The molecular formula is C13H30N2. The molecule has 0 saturated carbocycles. The van der Waals surface area contributed by atoms with Gasteiger partial charge in [-0.25, -0.2) is 0 Å². The second-order valence-electron chi connectivity index (χ2n) is 5.68. The van der Waals surface area contributed by atoms with Gasteiger partial charge in [0.2, 0.25) is 0 Å². The van der Waals surface area contributed by atoms with Crippen LogP contribution in [-0.2, 0) is 0 Å². The Morgan fingerprint density at radius 1 is 1.00 bits per heavy atom. The van der Waals surface area contributed by atoms with Gasteiger partial charge in [0.15, 0.2) is 0 Å². The fourth-order valence-electron chi connectivity index (χ4n) is 1.68. The monoisotopic (exact) mass is 214 g/mol. The number of nitrogens with zero attached hydrogens (tertiary/aromatic N) is 1. The van der Waals surface area contributed by atoms with Crippen molar-refractivity contribution in [3.05, 3.63) is 0 Å². The predicted octanol–water partition coefficient (Wildman–Crippen LogP) is 2.73. The van der Waals surface area contributed by atoms with Gasteiger partial charge in [-0.15, -0.1) is 0 Å². The van der Waals surface area contributed by atoms with Gasteiger partial charge < -0.3 is 10.6 Å². The summed E-state index contributed by atoms with van der Waals surface area (Å²) in [7, 11) is 0. The molecule has 92 valence electrons. The van der Waals surface area contributed by atoms with Crippen molar-refractivity contribution in [3.63, 3.8) is 0 Å². The summed E-state index contributed by atoms with van der Waals surface area (Å²) in [6.07, 6.45) is 1.11. The normalized spacial score (nSPS) is 14.6. The van der Waals surface area contributed by atoms with E-state index in [2.05, 4.69) is 46.4 Å². The van der Waals surface area contributed by atoms with Gasteiger partial charge >= 0.3 is 0 Å². The zero-order valence-electron chi connectivity index (χ0n) is 11.5. The summed E-state index contributed by atoms with van der Waals surface area (Å²) < 4.78 is 0. The third-order valence-electron chi connectivity index (χ3n) is 2.94. The summed E-state index contributed by atoms with van der Waals surface area (Å²) in [6, 6.07) is 0.977. The molecule has 0 amide bonds. The van der Waals surface area contributed by atoms with Crippen molar-refractivity contribution in [2.75, 3.05) is 13.1 Å². The van der Waals surface area contributed by atoms with Gasteiger partial charge in [-0.05, 0) is 38.6 Å². The predicted molar refractivity (Wildman–Crippen MR) is 69.0 cm³/mol. The van der Waals surface area contributed by atoms with Crippen LogP contribution in [0.2, 0.25) is 0 Å². The van der Waals surface area contributed by atoms with E-state index in [-0.39, 0.29) is 0 Å². The molecule has 15 heavy (non-hydrogen) atoms. The van der Waals surface area contributed by atoms with Gasteiger partial charge in [0, 0.05) is 18.6 Å². The van der Waals surface area contributed by atoms with E-state index in [0.717, 1.165) is 18.9 Å². The number of rotatable bonds is 7. The van der Waals surface area contributed by atoms with Crippen molar-refractivity contribution in [2.24, 2.45) is 17.6 Å².